The van der Waals surface area contributed by atoms with Gasteiger partial charge in [0.2, 0.25) is 0 Å². The minimum atomic E-state index is 0.871. The van der Waals surface area contributed by atoms with Crippen LogP contribution in [0, 0.1) is 0 Å². The molecule has 10 aromatic rings. The Kier molecular flexibility index (Phi) is 4.42. The van der Waals surface area contributed by atoms with Crippen LogP contribution < -0.4 is 0 Å². The van der Waals surface area contributed by atoms with Crippen LogP contribution in [-0.4, -0.2) is 14.0 Å². The van der Waals surface area contributed by atoms with Crippen LogP contribution in [0.1, 0.15) is 0 Å². The van der Waals surface area contributed by atoms with E-state index in [-0.39, 0.29) is 0 Å². The molecule has 0 unspecified atom stereocenters. The van der Waals surface area contributed by atoms with E-state index in [9.17, 15) is 0 Å². The Bertz CT molecular complexity index is 2730. The predicted molar refractivity (Wildman–Crippen MR) is 177 cm³/mol. The third-order valence-corrected chi connectivity index (χ3v) is 8.88. The van der Waals surface area contributed by atoms with Crippen molar-refractivity contribution in [3.63, 3.8) is 0 Å². The van der Waals surface area contributed by atoms with Crippen molar-refractivity contribution >= 4 is 71.3 Å². The normalized spacial score (nSPS) is 12.2. The topological polar surface area (TPSA) is 35.4 Å². The highest BCUT2D eigenvalue weighted by molar-refractivity contribution is 6.19. The molecular weight excluding hydrogens is 526 g/mol. The van der Waals surface area contributed by atoms with E-state index in [0.717, 1.165) is 60.8 Å². The molecule has 0 bridgehead atoms. The van der Waals surface area contributed by atoms with E-state index in [1.54, 1.807) is 0 Å². The van der Waals surface area contributed by atoms with Gasteiger partial charge in [0.15, 0.2) is 5.58 Å². The summed E-state index contributed by atoms with van der Waals surface area (Å²) in [5.74, 6) is 0. The average Bonchev–Trinajstić information content (AvgIpc) is 3.74. The van der Waals surface area contributed by atoms with Crippen LogP contribution in [0.2, 0.25) is 0 Å². The van der Waals surface area contributed by atoms with Crippen LogP contribution in [0.3, 0.4) is 0 Å². The van der Waals surface area contributed by atoms with Gasteiger partial charge in [0.25, 0.3) is 0 Å². The van der Waals surface area contributed by atoms with Gasteiger partial charge < -0.3 is 8.98 Å². The first kappa shape index (κ1) is 22.8. The van der Waals surface area contributed by atoms with E-state index < -0.39 is 0 Å². The number of fused-ring (bicyclic) bond motifs is 13. The fraction of sp³-hybridized carbons (Fsp3) is 0. The number of para-hydroxylation sites is 4. The molecule has 0 aliphatic rings. The summed E-state index contributed by atoms with van der Waals surface area (Å²) in [6, 6.07) is 49.4. The second-order valence-corrected chi connectivity index (χ2v) is 11.2. The summed E-state index contributed by atoms with van der Waals surface area (Å²) in [5.41, 5.74) is 11.7. The fourth-order valence-electron chi connectivity index (χ4n) is 6.99. The molecule has 0 fully saturated rings. The maximum Gasteiger partial charge on any atom is 0.160 e. The number of benzene rings is 6. The first-order valence-electron chi connectivity index (χ1n) is 14.6. The fourth-order valence-corrected chi connectivity index (χ4v) is 6.99. The number of hydrogen-bond acceptors (Lipinski definition) is 2. The molecular formula is C39H23N3O. The molecule has 0 atom stereocenters. The molecule has 0 spiro atoms. The van der Waals surface area contributed by atoms with Gasteiger partial charge in [-0.1, -0.05) is 84.9 Å². The SMILES string of the molecule is c1ccc(-n2c3ccccc3c3cc(-c4ccc5oc6c7ccccc7c7nc8ccccc8n7c6c5c4)ccc32)cc1. The zero-order chi connectivity index (χ0) is 28.1. The van der Waals surface area contributed by atoms with Gasteiger partial charge in [0.1, 0.15) is 16.7 Å². The Hall–Kier alpha value is -5.87. The molecule has 0 aliphatic heterocycles. The molecule has 10 rings (SSSR count). The van der Waals surface area contributed by atoms with Crippen LogP contribution in [0.25, 0.3) is 88.1 Å². The van der Waals surface area contributed by atoms with E-state index in [4.69, 9.17) is 9.40 Å². The van der Waals surface area contributed by atoms with Crippen molar-refractivity contribution in [3.8, 4) is 16.8 Å². The van der Waals surface area contributed by atoms with Crippen molar-refractivity contribution in [3.05, 3.63) is 140 Å². The number of imidazole rings is 1. The van der Waals surface area contributed by atoms with Crippen LogP contribution in [0.5, 0.6) is 0 Å². The number of furan rings is 1. The Balaban J connectivity index is 1.27. The molecule has 4 heteroatoms. The second kappa shape index (κ2) is 8.34. The van der Waals surface area contributed by atoms with E-state index in [1.165, 1.54) is 27.4 Å². The van der Waals surface area contributed by atoms with Gasteiger partial charge in [0, 0.05) is 32.6 Å². The van der Waals surface area contributed by atoms with Gasteiger partial charge in [-0.2, -0.15) is 0 Å². The minimum Gasteiger partial charge on any atom is -0.454 e. The maximum atomic E-state index is 6.61. The summed E-state index contributed by atoms with van der Waals surface area (Å²) in [6.45, 7) is 0. The minimum absolute atomic E-state index is 0.871. The lowest BCUT2D eigenvalue weighted by Crippen LogP contribution is -1.92. The van der Waals surface area contributed by atoms with Gasteiger partial charge in [-0.25, -0.2) is 4.98 Å². The first-order chi connectivity index (χ1) is 21.3. The molecule has 4 aromatic heterocycles. The van der Waals surface area contributed by atoms with Gasteiger partial charge in [-0.3, -0.25) is 4.40 Å². The highest BCUT2D eigenvalue weighted by Gasteiger charge is 2.20. The summed E-state index contributed by atoms with van der Waals surface area (Å²) >= 11 is 0. The summed E-state index contributed by atoms with van der Waals surface area (Å²) < 4.78 is 11.2. The molecule has 0 aliphatic carbocycles. The Morgan fingerprint density at radius 2 is 1.14 bits per heavy atom. The van der Waals surface area contributed by atoms with E-state index in [0.29, 0.717) is 0 Å². The zero-order valence-electron chi connectivity index (χ0n) is 23.0. The van der Waals surface area contributed by atoms with Gasteiger partial charge >= 0.3 is 0 Å². The van der Waals surface area contributed by atoms with Crippen LogP contribution in [-0.2, 0) is 0 Å². The highest BCUT2D eigenvalue weighted by Crippen LogP contribution is 2.40. The van der Waals surface area contributed by atoms with Gasteiger partial charge in [-0.15, -0.1) is 0 Å². The lowest BCUT2D eigenvalue weighted by Gasteiger charge is -2.08. The quantitative estimate of drug-likeness (QED) is 0.215. The summed E-state index contributed by atoms with van der Waals surface area (Å²) in [7, 11) is 0. The van der Waals surface area contributed by atoms with Crippen LogP contribution >= 0.6 is 0 Å². The first-order valence-corrected chi connectivity index (χ1v) is 14.6. The molecule has 0 amide bonds. The molecule has 6 aromatic carbocycles. The maximum absolute atomic E-state index is 6.61. The summed E-state index contributed by atoms with van der Waals surface area (Å²) in [4.78, 5) is 5.07. The number of aromatic nitrogens is 3. The Labute approximate surface area is 245 Å². The molecule has 43 heavy (non-hydrogen) atoms. The van der Waals surface area contributed by atoms with Crippen LogP contribution in [0.15, 0.2) is 144 Å². The molecule has 0 saturated carbocycles. The monoisotopic (exact) mass is 549 g/mol. The van der Waals surface area contributed by atoms with Crippen molar-refractivity contribution in [2.24, 2.45) is 0 Å². The van der Waals surface area contributed by atoms with Crippen molar-refractivity contribution in [1.82, 2.24) is 14.0 Å². The largest absolute Gasteiger partial charge is 0.454 e. The Morgan fingerprint density at radius 3 is 2.00 bits per heavy atom. The number of nitrogens with zero attached hydrogens (tertiary/aromatic N) is 3. The van der Waals surface area contributed by atoms with Crippen molar-refractivity contribution in [2.75, 3.05) is 0 Å². The molecule has 4 heterocycles. The van der Waals surface area contributed by atoms with E-state index in [1.807, 2.05) is 6.07 Å². The highest BCUT2D eigenvalue weighted by atomic mass is 16.3. The number of pyridine rings is 1. The third-order valence-electron chi connectivity index (χ3n) is 8.88. The molecule has 200 valence electrons. The molecule has 0 N–H and O–H groups in total. The molecule has 4 nitrogen and oxygen atoms in total. The third kappa shape index (κ3) is 3.07. The summed E-state index contributed by atoms with van der Waals surface area (Å²) in [5, 5.41) is 5.73. The van der Waals surface area contributed by atoms with E-state index in [2.05, 4.69) is 142 Å². The molecule has 0 radical (unpaired) electrons. The van der Waals surface area contributed by atoms with Gasteiger partial charge in [-0.05, 0) is 65.7 Å². The lowest BCUT2D eigenvalue weighted by molar-refractivity contribution is 0.672. The second-order valence-electron chi connectivity index (χ2n) is 11.2. The number of rotatable bonds is 2. The number of hydrogen-bond donors (Lipinski definition) is 0. The predicted octanol–water partition coefficient (Wildman–Crippen LogP) is 10.3. The van der Waals surface area contributed by atoms with E-state index >= 15 is 0 Å². The van der Waals surface area contributed by atoms with Gasteiger partial charge in [0.05, 0.1) is 22.1 Å². The van der Waals surface area contributed by atoms with Crippen molar-refractivity contribution < 1.29 is 4.42 Å². The zero-order valence-corrected chi connectivity index (χ0v) is 23.0. The average molecular weight is 550 g/mol. The Morgan fingerprint density at radius 1 is 0.488 bits per heavy atom. The van der Waals surface area contributed by atoms with Crippen molar-refractivity contribution in [1.29, 1.82) is 0 Å². The summed E-state index contributed by atoms with van der Waals surface area (Å²) in [6.07, 6.45) is 0. The van der Waals surface area contributed by atoms with Crippen LogP contribution in [0.4, 0.5) is 0 Å². The lowest BCUT2D eigenvalue weighted by atomic mass is 10.0. The van der Waals surface area contributed by atoms with Crippen molar-refractivity contribution in [2.45, 2.75) is 0 Å². The molecule has 0 saturated heterocycles. The smallest absolute Gasteiger partial charge is 0.160 e. The standard InChI is InChI=1S/C39H23N3O/c1-2-10-26(11-3-1)41-33-16-8-6-12-27(33)30-22-24(18-20-34(30)41)25-19-21-36-31(23-25)37-38(43-36)28-13-4-5-14-29(28)39-40-32-15-7-9-17-35(32)42(37)39/h1-23H.